The summed E-state index contributed by atoms with van der Waals surface area (Å²) in [5, 5.41) is 0. The lowest BCUT2D eigenvalue weighted by Crippen LogP contribution is -2.18. The predicted molar refractivity (Wildman–Crippen MR) is 60.3 cm³/mol. The quantitative estimate of drug-likeness (QED) is 0.323. The maximum atomic E-state index is 5.59. The maximum Gasteiger partial charge on any atom is 0.154 e. The van der Waals surface area contributed by atoms with Crippen molar-refractivity contribution in [2.75, 3.05) is 13.2 Å². The SMILES string of the molecule is CCCCOC(C[SiH3])OCCCC. The molecular formula is C10H24O2Si. The Bertz CT molecular complexity index is 88.9. The number of rotatable bonds is 9. The summed E-state index contributed by atoms with van der Waals surface area (Å²) in [6.07, 6.45) is 4.78. The average molecular weight is 204 g/mol. The Morgan fingerprint density at radius 2 is 1.46 bits per heavy atom. The van der Waals surface area contributed by atoms with Gasteiger partial charge >= 0.3 is 0 Å². The molecule has 0 unspecified atom stereocenters. The van der Waals surface area contributed by atoms with Crippen LogP contribution in [0.4, 0.5) is 0 Å². The van der Waals surface area contributed by atoms with Gasteiger partial charge in [0.2, 0.25) is 0 Å². The average Bonchev–Trinajstić information content (AvgIpc) is 2.16. The molecule has 0 saturated carbocycles. The van der Waals surface area contributed by atoms with Crippen molar-refractivity contribution >= 4 is 10.2 Å². The first-order chi connectivity index (χ1) is 6.35. The van der Waals surface area contributed by atoms with Crippen molar-refractivity contribution in [3.63, 3.8) is 0 Å². The Kier molecular flexibility index (Phi) is 10.3. The van der Waals surface area contributed by atoms with Crippen molar-refractivity contribution in [3.8, 4) is 0 Å². The van der Waals surface area contributed by atoms with Gasteiger partial charge in [0.15, 0.2) is 6.29 Å². The molecule has 0 aromatic carbocycles. The van der Waals surface area contributed by atoms with Gasteiger partial charge < -0.3 is 9.47 Å². The summed E-state index contributed by atoms with van der Waals surface area (Å²) >= 11 is 0. The molecule has 0 fully saturated rings. The number of hydrogen-bond acceptors (Lipinski definition) is 2. The second-order valence-electron chi connectivity index (χ2n) is 3.29. The topological polar surface area (TPSA) is 18.5 Å². The molecule has 0 rings (SSSR count). The minimum Gasteiger partial charge on any atom is -0.353 e. The lowest BCUT2D eigenvalue weighted by atomic mass is 10.4. The molecule has 0 amide bonds. The Balaban J connectivity index is 3.28. The van der Waals surface area contributed by atoms with Crippen LogP contribution in [0, 0.1) is 0 Å². The molecule has 0 saturated heterocycles. The zero-order chi connectivity index (χ0) is 9.94. The van der Waals surface area contributed by atoms with Crippen molar-refractivity contribution in [2.24, 2.45) is 0 Å². The monoisotopic (exact) mass is 204 g/mol. The molecule has 0 radical (unpaired) electrons. The third-order valence-electron chi connectivity index (χ3n) is 1.94. The summed E-state index contributed by atoms with van der Waals surface area (Å²) in [6.45, 7) is 6.07. The Morgan fingerprint density at radius 1 is 1.00 bits per heavy atom. The van der Waals surface area contributed by atoms with E-state index >= 15 is 0 Å². The van der Waals surface area contributed by atoms with Crippen LogP contribution in [0.25, 0.3) is 0 Å². The zero-order valence-electron chi connectivity index (χ0n) is 9.34. The second-order valence-corrected chi connectivity index (χ2v) is 4.10. The van der Waals surface area contributed by atoms with Crippen molar-refractivity contribution in [2.45, 2.75) is 51.9 Å². The molecule has 0 aromatic heterocycles. The molecule has 0 heterocycles. The first kappa shape index (κ1) is 13.1. The van der Waals surface area contributed by atoms with Gasteiger partial charge in [0.25, 0.3) is 0 Å². The molecule has 0 aliphatic heterocycles. The summed E-state index contributed by atoms with van der Waals surface area (Å²) < 4.78 is 11.2. The van der Waals surface area contributed by atoms with Crippen LogP contribution >= 0.6 is 0 Å². The molecule has 2 nitrogen and oxygen atoms in total. The van der Waals surface area contributed by atoms with Crippen LogP contribution < -0.4 is 0 Å². The normalized spacial score (nSPS) is 11.3. The van der Waals surface area contributed by atoms with Crippen LogP contribution in [0.2, 0.25) is 6.04 Å². The fraction of sp³-hybridized carbons (Fsp3) is 1.00. The van der Waals surface area contributed by atoms with Crippen molar-refractivity contribution < 1.29 is 9.47 Å². The van der Waals surface area contributed by atoms with E-state index in [1.54, 1.807) is 0 Å². The highest BCUT2D eigenvalue weighted by Crippen LogP contribution is 2.02. The van der Waals surface area contributed by atoms with Gasteiger partial charge in [-0.15, -0.1) is 0 Å². The summed E-state index contributed by atoms with van der Waals surface area (Å²) in [4.78, 5) is 0. The fourth-order valence-electron chi connectivity index (χ4n) is 1.00. The van der Waals surface area contributed by atoms with E-state index in [2.05, 4.69) is 13.8 Å². The molecule has 0 bridgehead atoms. The molecule has 3 heteroatoms. The van der Waals surface area contributed by atoms with Gasteiger partial charge in [-0.1, -0.05) is 26.7 Å². The predicted octanol–water partition coefficient (Wildman–Crippen LogP) is 1.73. The molecule has 0 aliphatic rings. The van der Waals surface area contributed by atoms with Gasteiger partial charge in [-0.3, -0.25) is 0 Å². The first-order valence-corrected chi connectivity index (χ1v) is 6.99. The molecule has 0 atom stereocenters. The van der Waals surface area contributed by atoms with E-state index in [4.69, 9.17) is 9.47 Å². The van der Waals surface area contributed by atoms with Crippen molar-refractivity contribution in [1.29, 1.82) is 0 Å². The minimum absolute atomic E-state index is 0.0877. The second kappa shape index (κ2) is 10.2. The summed E-state index contributed by atoms with van der Waals surface area (Å²) in [7, 11) is 1.16. The highest BCUT2D eigenvalue weighted by molar-refractivity contribution is 6.08. The molecule has 0 N–H and O–H groups in total. The number of unbranched alkanes of at least 4 members (excludes halogenated alkanes) is 2. The van der Waals surface area contributed by atoms with Crippen molar-refractivity contribution in [1.82, 2.24) is 0 Å². The van der Waals surface area contributed by atoms with E-state index in [0.29, 0.717) is 0 Å². The third-order valence-corrected chi connectivity index (χ3v) is 2.60. The first-order valence-electron chi connectivity index (χ1n) is 5.58. The molecule has 0 aliphatic carbocycles. The Hall–Kier alpha value is 0.137. The molecule has 13 heavy (non-hydrogen) atoms. The van der Waals surface area contributed by atoms with E-state index in [-0.39, 0.29) is 6.29 Å². The van der Waals surface area contributed by atoms with Gasteiger partial charge in [-0.25, -0.2) is 0 Å². The van der Waals surface area contributed by atoms with Crippen LogP contribution in [-0.2, 0) is 9.47 Å². The van der Waals surface area contributed by atoms with E-state index < -0.39 is 0 Å². The number of ether oxygens (including phenoxy) is 2. The van der Waals surface area contributed by atoms with Gasteiger partial charge in [0, 0.05) is 23.5 Å². The van der Waals surface area contributed by atoms with Crippen molar-refractivity contribution in [3.05, 3.63) is 0 Å². The summed E-state index contributed by atoms with van der Waals surface area (Å²) in [6, 6.07) is 1.09. The van der Waals surface area contributed by atoms with Crippen LogP contribution in [-0.4, -0.2) is 29.7 Å². The highest BCUT2D eigenvalue weighted by atomic mass is 28.1. The van der Waals surface area contributed by atoms with Gasteiger partial charge in [0.1, 0.15) is 0 Å². The molecule has 80 valence electrons. The lowest BCUT2D eigenvalue weighted by molar-refractivity contribution is -0.130. The van der Waals surface area contributed by atoms with Gasteiger partial charge in [-0.05, 0) is 18.9 Å². The molecule has 0 aromatic rings. The van der Waals surface area contributed by atoms with E-state index in [0.717, 1.165) is 42.3 Å². The Labute approximate surface area is 85.4 Å². The standard InChI is InChI=1S/C10H24O2Si/c1-3-5-7-11-10(9-13)12-8-6-4-2/h10H,3-9H2,1-2,13H3. The lowest BCUT2D eigenvalue weighted by Gasteiger charge is -2.16. The smallest absolute Gasteiger partial charge is 0.154 e. The third kappa shape index (κ3) is 8.47. The molecular weight excluding hydrogens is 180 g/mol. The summed E-state index contributed by atoms with van der Waals surface area (Å²) in [5.41, 5.74) is 0. The van der Waals surface area contributed by atoms with Crippen LogP contribution in [0.15, 0.2) is 0 Å². The molecule has 0 spiro atoms. The van der Waals surface area contributed by atoms with E-state index in [9.17, 15) is 0 Å². The van der Waals surface area contributed by atoms with Gasteiger partial charge in [-0.2, -0.15) is 0 Å². The summed E-state index contributed by atoms with van der Waals surface area (Å²) in [5.74, 6) is 0. The minimum atomic E-state index is 0.0877. The van der Waals surface area contributed by atoms with Crippen LogP contribution in [0.3, 0.4) is 0 Å². The Morgan fingerprint density at radius 3 is 1.77 bits per heavy atom. The zero-order valence-corrected chi connectivity index (χ0v) is 11.3. The van der Waals surface area contributed by atoms with E-state index in [1.165, 1.54) is 12.8 Å². The van der Waals surface area contributed by atoms with E-state index in [1.807, 2.05) is 0 Å². The largest absolute Gasteiger partial charge is 0.353 e. The number of hydrogen-bond donors (Lipinski definition) is 0. The van der Waals surface area contributed by atoms with Gasteiger partial charge in [0.05, 0.1) is 0 Å². The maximum absolute atomic E-state index is 5.59. The van der Waals surface area contributed by atoms with Crippen LogP contribution in [0.5, 0.6) is 0 Å². The highest BCUT2D eigenvalue weighted by Gasteiger charge is 2.04. The fourth-order valence-corrected chi connectivity index (χ4v) is 1.47. The van der Waals surface area contributed by atoms with Crippen LogP contribution in [0.1, 0.15) is 39.5 Å².